The van der Waals surface area contributed by atoms with Gasteiger partial charge in [-0.2, -0.15) is 0 Å². The summed E-state index contributed by atoms with van der Waals surface area (Å²) in [6.45, 7) is 3.73. The van der Waals surface area contributed by atoms with E-state index in [0.717, 1.165) is 19.0 Å². The van der Waals surface area contributed by atoms with Crippen LogP contribution in [0.3, 0.4) is 0 Å². The van der Waals surface area contributed by atoms with Gasteiger partial charge in [-0.25, -0.2) is 17.5 Å². The first-order valence-corrected chi connectivity index (χ1v) is 7.00. The molecule has 0 amide bonds. The Morgan fingerprint density at radius 2 is 2.00 bits per heavy atom. The van der Waals surface area contributed by atoms with Crippen molar-refractivity contribution in [2.45, 2.75) is 18.2 Å². The molecule has 0 bridgehead atoms. The van der Waals surface area contributed by atoms with E-state index in [9.17, 15) is 12.8 Å². The first kappa shape index (κ1) is 14.1. The van der Waals surface area contributed by atoms with Gasteiger partial charge in [0.05, 0.1) is 4.90 Å². The predicted molar refractivity (Wildman–Crippen MR) is 64.7 cm³/mol. The molecular weight excluding hydrogens is 243 g/mol. The van der Waals surface area contributed by atoms with Crippen LogP contribution in [0.15, 0.2) is 29.2 Å². The number of halogens is 1. The predicted octanol–water partition coefficient (Wildman–Crippen LogP) is 1.10. The highest BCUT2D eigenvalue weighted by Crippen LogP contribution is 2.09. The van der Waals surface area contributed by atoms with E-state index in [1.165, 1.54) is 18.2 Å². The van der Waals surface area contributed by atoms with Crippen LogP contribution in [-0.4, -0.2) is 28.1 Å². The molecule has 0 fully saturated rings. The number of nitrogens with one attached hydrogen (secondary N) is 2. The average molecular weight is 260 g/mol. The molecule has 0 aliphatic heterocycles. The van der Waals surface area contributed by atoms with E-state index in [1.54, 1.807) is 0 Å². The van der Waals surface area contributed by atoms with Gasteiger partial charge in [-0.15, -0.1) is 0 Å². The summed E-state index contributed by atoms with van der Waals surface area (Å²) in [6.07, 6.45) is 0.997. The van der Waals surface area contributed by atoms with E-state index in [-0.39, 0.29) is 4.90 Å². The van der Waals surface area contributed by atoms with Crippen molar-refractivity contribution in [3.8, 4) is 0 Å². The van der Waals surface area contributed by atoms with Crippen LogP contribution in [0.1, 0.15) is 13.3 Å². The van der Waals surface area contributed by atoms with Crippen molar-refractivity contribution in [3.05, 3.63) is 30.1 Å². The van der Waals surface area contributed by atoms with Gasteiger partial charge in [0.25, 0.3) is 0 Å². The van der Waals surface area contributed by atoms with Gasteiger partial charge >= 0.3 is 0 Å². The third-order valence-electron chi connectivity index (χ3n) is 2.13. The molecule has 1 rings (SSSR count). The Hall–Kier alpha value is -0.980. The Labute approximate surface area is 101 Å². The summed E-state index contributed by atoms with van der Waals surface area (Å²) >= 11 is 0. The van der Waals surface area contributed by atoms with Crippen molar-refractivity contribution < 1.29 is 12.8 Å². The molecule has 2 N–H and O–H groups in total. The first-order valence-electron chi connectivity index (χ1n) is 5.52. The SMILES string of the molecule is CCCNCCNS(=O)(=O)c1cccc(F)c1. The minimum atomic E-state index is -3.60. The highest BCUT2D eigenvalue weighted by molar-refractivity contribution is 7.89. The second-order valence-electron chi connectivity index (χ2n) is 3.61. The summed E-state index contributed by atoms with van der Waals surface area (Å²) in [5.74, 6) is -0.558. The van der Waals surface area contributed by atoms with Crippen LogP contribution >= 0.6 is 0 Å². The molecule has 0 aliphatic rings. The van der Waals surface area contributed by atoms with Gasteiger partial charge in [-0.05, 0) is 31.2 Å². The number of hydrogen-bond donors (Lipinski definition) is 2. The van der Waals surface area contributed by atoms with Gasteiger partial charge in [-0.3, -0.25) is 0 Å². The maximum absolute atomic E-state index is 12.9. The third-order valence-corrected chi connectivity index (χ3v) is 3.59. The highest BCUT2D eigenvalue weighted by atomic mass is 32.2. The first-order chi connectivity index (χ1) is 8.06. The Kier molecular flexibility index (Phi) is 5.54. The molecule has 17 heavy (non-hydrogen) atoms. The summed E-state index contributed by atoms with van der Waals surface area (Å²) < 4.78 is 38.7. The molecular formula is C11H17FN2O2S. The van der Waals surface area contributed by atoms with E-state index in [4.69, 9.17) is 0 Å². The molecule has 6 heteroatoms. The van der Waals surface area contributed by atoms with Crippen LogP contribution in [0.5, 0.6) is 0 Å². The minimum Gasteiger partial charge on any atom is -0.315 e. The standard InChI is InChI=1S/C11H17FN2O2S/c1-2-6-13-7-8-14-17(15,16)11-5-3-4-10(12)9-11/h3-5,9,13-14H,2,6-8H2,1H3. The highest BCUT2D eigenvalue weighted by Gasteiger charge is 2.13. The second-order valence-corrected chi connectivity index (χ2v) is 5.37. The smallest absolute Gasteiger partial charge is 0.240 e. The lowest BCUT2D eigenvalue weighted by Crippen LogP contribution is -2.32. The summed E-state index contributed by atoms with van der Waals surface area (Å²) in [5.41, 5.74) is 0. The molecule has 96 valence electrons. The van der Waals surface area contributed by atoms with Gasteiger partial charge in [0, 0.05) is 13.1 Å². The molecule has 0 aliphatic carbocycles. The summed E-state index contributed by atoms with van der Waals surface area (Å²) in [4.78, 5) is -0.0482. The normalized spacial score (nSPS) is 11.6. The molecule has 4 nitrogen and oxygen atoms in total. The molecule has 0 aromatic heterocycles. The van der Waals surface area contributed by atoms with E-state index >= 15 is 0 Å². The molecule has 0 atom stereocenters. The second kappa shape index (κ2) is 6.68. The van der Waals surface area contributed by atoms with Gasteiger partial charge < -0.3 is 5.32 Å². The quantitative estimate of drug-likeness (QED) is 0.722. The molecule has 0 unspecified atom stereocenters. The van der Waals surface area contributed by atoms with Crippen LogP contribution in [0.25, 0.3) is 0 Å². The van der Waals surface area contributed by atoms with E-state index < -0.39 is 15.8 Å². The lowest BCUT2D eigenvalue weighted by molar-refractivity contribution is 0.572. The zero-order valence-electron chi connectivity index (χ0n) is 9.74. The number of benzene rings is 1. The fourth-order valence-corrected chi connectivity index (χ4v) is 2.36. The molecule has 1 aromatic rings. The number of hydrogen-bond acceptors (Lipinski definition) is 3. The summed E-state index contributed by atoms with van der Waals surface area (Å²) in [7, 11) is -3.60. The van der Waals surface area contributed by atoms with Crippen LogP contribution in [0, 0.1) is 5.82 Å². The summed E-state index contributed by atoms with van der Waals surface area (Å²) in [5, 5.41) is 3.07. The van der Waals surface area contributed by atoms with Crippen LogP contribution in [0.4, 0.5) is 4.39 Å². The minimum absolute atomic E-state index is 0.0482. The van der Waals surface area contributed by atoms with Crippen molar-refractivity contribution in [2.24, 2.45) is 0 Å². The molecule has 0 heterocycles. The third kappa shape index (κ3) is 4.80. The fourth-order valence-electron chi connectivity index (χ4n) is 1.29. The van der Waals surface area contributed by atoms with E-state index in [2.05, 4.69) is 10.0 Å². The lowest BCUT2D eigenvalue weighted by Gasteiger charge is -2.07. The van der Waals surface area contributed by atoms with Crippen molar-refractivity contribution in [1.29, 1.82) is 0 Å². The summed E-state index contributed by atoms with van der Waals surface area (Å²) in [6, 6.07) is 4.95. The average Bonchev–Trinajstić information content (AvgIpc) is 2.29. The van der Waals surface area contributed by atoms with Crippen molar-refractivity contribution in [2.75, 3.05) is 19.6 Å². The van der Waals surface area contributed by atoms with Crippen molar-refractivity contribution in [3.63, 3.8) is 0 Å². The Morgan fingerprint density at radius 3 is 2.65 bits per heavy atom. The Balaban J connectivity index is 2.51. The van der Waals surface area contributed by atoms with Crippen LogP contribution in [-0.2, 0) is 10.0 Å². The Bertz CT molecular complexity index is 449. The molecule has 0 spiro atoms. The molecule has 0 radical (unpaired) electrons. The lowest BCUT2D eigenvalue weighted by atomic mass is 10.4. The molecule has 0 saturated carbocycles. The number of sulfonamides is 1. The van der Waals surface area contributed by atoms with Crippen LogP contribution in [0.2, 0.25) is 0 Å². The molecule has 1 aromatic carbocycles. The van der Waals surface area contributed by atoms with Gasteiger partial charge in [0.2, 0.25) is 10.0 Å². The molecule has 0 saturated heterocycles. The zero-order valence-corrected chi connectivity index (χ0v) is 10.6. The number of rotatable bonds is 7. The maximum atomic E-state index is 12.9. The van der Waals surface area contributed by atoms with Crippen LogP contribution < -0.4 is 10.0 Å². The Morgan fingerprint density at radius 1 is 1.24 bits per heavy atom. The van der Waals surface area contributed by atoms with Gasteiger partial charge in [0.1, 0.15) is 5.82 Å². The van der Waals surface area contributed by atoms with Crippen molar-refractivity contribution in [1.82, 2.24) is 10.0 Å². The van der Waals surface area contributed by atoms with E-state index in [0.29, 0.717) is 13.1 Å². The zero-order chi connectivity index (χ0) is 12.7. The fraction of sp³-hybridized carbons (Fsp3) is 0.455. The van der Waals surface area contributed by atoms with Crippen molar-refractivity contribution >= 4 is 10.0 Å². The topological polar surface area (TPSA) is 58.2 Å². The van der Waals surface area contributed by atoms with Gasteiger partial charge in [0.15, 0.2) is 0 Å². The van der Waals surface area contributed by atoms with Gasteiger partial charge in [-0.1, -0.05) is 13.0 Å². The largest absolute Gasteiger partial charge is 0.315 e. The monoisotopic (exact) mass is 260 g/mol. The maximum Gasteiger partial charge on any atom is 0.240 e. The van der Waals surface area contributed by atoms with E-state index in [1.807, 2.05) is 6.92 Å².